The molecule has 1 heterocycles. The van der Waals surface area contributed by atoms with Gasteiger partial charge in [-0.15, -0.1) is 0 Å². The summed E-state index contributed by atoms with van der Waals surface area (Å²) in [5.74, 6) is -1.71. The predicted molar refractivity (Wildman–Crippen MR) is 121 cm³/mol. The number of carboxylic acid groups (broad SMARTS) is 2. The van der Waals surface area contributed by atoms with Gasteiger partial charge in [-0.3, -0.25) is 4.57 Å². The van der Waals surface area contributed by atoms with Crippen molar-refractivity contribution >= 4 is 23.0 Å². The van der Waals surface area contributed by atoms with Gasteiger partial charge in [-0.2, -0.15) is 4.98 Å². The van der Waals surface area contributed by atoms with Gasteiger partial charge < -0.3 is 19.7 Å². The van der Waals surface area contributed by atoms with E-state index in [1.807, 2.05) is 29.7 Å². The summed E-state index contributed by atoms with van der Waals surface area (Å²) in [6.07, 6.45) is -1.12. The quantitative estimate of drug-likeness (QED) is 0.392. The molecule has 0 saturated carbocycles. The molecule has 1 aromatic heterocycles. The average molecular weight is 446 g/mol. The summed E-state index contributed by atoms with van der Waals surface area (Å²) in [7, 11) is 0. The standard InChI is InChI=1S/C25H22N2O6/c1-2-32-25-26-21-19(23(28)29)9-6-10-20(21)27(25)15-16-11-13-18(14-12-16)33-22(24(30)31)17-7-4-3-5-8-17/h3-14,22H,2,15H2,1H3,(H,28,29)(H,30,31). The number of nitrogens with zero attached hydrogens (tertiary/aromatic N) is 2. The molecule has 1 unspecified atom stereocenters. The van der Waals surface area contributed by atoms with Gasteiger partial charge in [-0.05, 0) is 36.8 Å². The first-order valence-electron chi connectivity index (χ1n) is 10.4. The first-order valence-corrected chi connectivity index (χ1v) is 10.4. The van der Waals surface area contributed by atoms with Gasteiger partial charge in [0.1, 0.15) is 11.3 Å². The number of para-hydroxylation sites is 1. The Balaban J connectivity index is 1.60. The number of fused-ring (bicyclic) bond motifs is 1. The number of aromatic nitrogens is 2. The van der Waals surface area contributed by atoms with Crippen LogP contribution in [-0.4, -0.2) is 38.3 Å². The van der Waals surface area contributed by atoms with Crippen molar-refractivity contribution in [1.82, 2.24) is 9.55 Å². The van der Waals surface area contributed by atoms with E-state index in [1.165, 1.54) is 6.07 Å². The Morgan fingerprint density at radius 2 is 1.70 bits per heavy atom. The van der Waals surface area contributed by atoms with Gasteiger partial charge in [0, 0.05) is 5.56 Å². The zero-order chi connectivity index (χ0) is 23.4. The lowest BCUT2D eigenvalue weighted by molar-refractivity contribution is -0.145. The highest BCUT2D eigenvalue weighted by atomic mass is 16.5. The molecule has 0 aliphatic carbocycles. The van der Waals surface area contributed by atoms with Crippen molar-refractivity contribution in [2.24, 2.45) is 0 Å². The van der Waals surface area contributed by atoms with Crippen LogP contribution in [0.1, 0.15) is 34.5 Å². The van der Waals surface area contributed by atoms with Crippen LogP contribution in [0.5, 0.6) is 11.8 Å². The van der Waals surface area contributed by atoms with Gasteiger partial charge in [0.15, 0.2) is 0 Å². The number of ether oxygens (including phenoxy) is 2. The highest BCUT2D eigenvalue weighted by Gasteiger charge is 2.22. The van der Waals surface area contributed by atoms with Gasteiger partial charge in [-0.1, -0.05) is 48.5 Å². The normalized spacial score (nSPS) is 11.8. The molecule has 3 aromatic carbocycles. The lowest BCUT2D eigenvalue weighted by Crippen LogP contribution is -2.18. The smallest absolute Gasteiger partial charge is 0.349 e. The van der Waals surface area contributed by atoms with Crippen LogP contribution in [0.2, 0.25) is 0 Å². The Hall–Kier alpha value is -4.33. The van der Waals surface area contributed by atoms with Gasteiger partial charge in [0.2, 0.25) is 6.10 Å². The lowest BCUT2D eigenvalue weighted by atomic mass is 10.1. The van der Waals surface area contributed by atoms with E-state index in [0.717, 1.165) is 5.56 Å². The molecule has 8 nitrogen and oxygen atoms in total. The number of aliphatic carboxylic acids is 1. The van der Waals surface area contributed by atoms with E-state index in [1.54, 1.807) is 48.5 Å². The average Bonchev–Trinajstić information content (AvgIpc) is 3.16. The van der Waals surface area contributed by atoms with E-state index in [0.29, 0.717) is 41.5 Å². The van der Waals surface area contributed by atoms with Crippen LogP contribution >= 0.6 is 0 Å². The van der Waals surface area contributed by atoms with E-state index in [9.17, 15) is 19.8 Å². The number of benzene rings is 3. The zero-order valence-electron chi connectivity index (χ0n) is 17.8. The molecule has 4 rings (SSSR count). The highest BCUT2D eigenvalue weighted by Crippen LogP contribution is 2.27. The van der Waals surface area contributed by atoms with E-state index >= 15 is 0 Å². The molecule has 0 aliphatic rings. The summed E-state index contributed by atoms with van der Waals surface area (Å²) in [5, 5.41) is 19.0. The molecular formula is C25H22N2O6. The second kappa shape index (κ2) is 9.44. The Labute approximate surface area is 189 Å². The summed E-state index contributed by atoms with van der Waals surface area (Å²) in [5.41, 5.74) is 2.55. The Morgan fingerprint density at radius 3 is 2.33 bits per heavy atom. The van der Waals surface area contributed by atoms with E-state index < -0.39 is 18.0 Å². The second-order valence-electron chi connectivity index (χ2n) is 7.28. The van der Waals surface area contributed by atoms with Gasteiger partial charge in [-0.25, -0.2) is 9.59 Å². The third kappa shape index (κ3) is 4.64. The fraction of sp³-hybridized carbons (Fsp3) is 0.160. The van der Waals surface area contributed by atoms with Crippen molar-refractivity contribution in [2.75, 3.05) is 6.61 Å². The number of imidazole rings is 1. The Bertz CT molecular complexity index is 1280. The fourth-order valence-electron chi connectivity index (χ4n) is 3.57. The molecule has 0 radical (unpaired) electrons. The summed E-state index contributed by atoms with van der Waals surface area (Å²) in [6, 6.07) is 21.1. The number of aromatic carboxylic acids is 1. The number of carbonyl (C=O) groups is 2. The molecule has 0 bridgehead atoms. The summed E-state index contributed by atoms with van der Waals surface area (Å²) >= 11 is 0. The Morgan fingerprint density at radius 1 is 0.970 bits per heavy atom. The molecule has 33 heavy (non-hydrogen) atoms. The van der Waals surface area contributed by atoms with Crippen molar-refractivity contribution in [3.63, 3.8) is 0 Å². The molecule has 2 N–H and O–H groups in total. The molecule has 168 valence electrons. The molecule has 0 amide bonds. The summed E-state index contributed by atoms with van der Waals surface area (Å²) in [6.45, 7) is 2.60. The molecule has 0 fully saturated rings. The van der Waals surface area contributed by atoms with Crippen LogP contribution in [0.25, 0.3) is 11.0 Å². The summed E-state index contributed by atoms with van der Waals surface area (Å²) in [4.78, 5) is 27.7. The van der Waals surface area contributed by atoms with Crippen LogP contribution in [0, 0.1) is 0 Å². The van der Waals surface area contributed by atoms with Gasteiger partial charge >= 0.3 is 11.9 Å². The van der Waals surface area contributed by atoms with Crippen molar-refractivity contribution < 1.29 is 29.3 Å². The molecule has 0 spiro atoms. The van der Waals surface area contributed by atoms with Crippen molar-refractivity contribution in [2.45, 2.75) is 19.6 Å². The maximum absolute atomic E-state index is 11.7. The van der Waals surface area contributed by atoms with Crippen LogP contribution in [0.3, 0.4) is 0 Å². The SMILES string of the molecule is CCOc1nc2c(C(=O)O)cccc2n1Cc1ccc(OC(C(=O)O)c2ccccc2)cc1. The summed E-state index contributed by atoms with van der Waals surface area (Å²) < 4.78 is 13.2. The molecule has 4 aromatic rings. The number of rotatable bonds is 9. The van der Waals surface area contributed by atoms with E-state index in [-0.39, 0.29) is 5.56 Å². The van der Waals surface area contributed by atoms with E-state index in [4.69, 9.17) is 9.47 Å². The largest absolute Gasteiger partial charge is 0.478 e. The molecule has 0 saturated heterocycles. The van der Waals surface area contributed by atoms with E-state index in [2.05, 4.69) is 4.98 Å². The Kier molecular flexibility index (Phi) is 6.26. The van der Waals surface area contributed by atoms with Crippen LogP contribution < -0.4 is 9.47 Å². The van der Waals surface area contributed by atoms with Crippen molar-refractivity contribution in [3.05, 3.63) is 89.5 Å². The first kappa shape index (κ1) is 21.9. The molecular weight excluding hydrogens is 424 g/mol. The van der Waals surface area contributed by atoms with Gasteiger partial charge in [0.05, 0.1) is 24.2 Å². The topological polar surface area (TPSA) is 111 Å². The lowest BCUT2D eigenvalue weighted by Gasteiger charge is -2.16. The molecule has 1 atom stereocenters. The third-order valence-electron chi connectivity index (χ3n) is 5.09. The maximum Gasteiger partial charge on any atom is 0.349 e. The zero-order valence-corrected chi connectivity index (χ0v) is 17.8. The predicted octanol–water partition coefficient (Wildman–Crippen LogP) is 4.39. The van der Waals surface area contributed by atoms with Crippen LogP contribution in [0.4, 0.5) is 0 Å². The van der Waals surface area contributed by atoms with Gasteiger partial charge in [0.25, 0.3) is 6.01 Å². The number of hydrogen-bond donors (Lipinski definition) is 2. The molecule has 0 aliphatic heterocycles. The number of carboxylic acids is 2. The minimum Gasteiger partial charge on any atom is -0.478 e. The third-order valence-corrected chi connectivity index (χ3v) is 5.09. The van der Waals surface area contributed by atoms with Crippen LogP contribution in [-0.2, 0) is 11.3 Å². The molecule has 8 heteroatoms. The van der Waals surface area contributed by atoms with Crippen LogP contribution in [0.15, 0.2) is 72.8 Å². The maximum atomic E-state index is 11.7. The minimum atomic E-state index is -1.12. The first-order chi connectivity index (χ1) is 16.0. The van der Waals surface area contributed by atoms with Crippen molar-refractivity contribution in [1.29, 1.82) is 0 Å². The monoisotopic (exact) mass is 446 g/mol. The highest BCUT2D eigenvalue weighted by molar-refractivity contribution is 6.01. The number of hydrogen-bond acceptors (Lipinski definition) is 5. The van der Waals surface area contributed by atoms with Crippen molar-refractivity contribution in [3.8, 4) is 11.8 Å². The minimum absolute atomic E-state index is 0.108. The fourth-order valence-corrected chi connectivity index (χ4v) is 3.57. The second-order valence-corrected chi connectivity index (χ2v) is 7.28.